The second-order valence-corrected chi connectivity index (χ2v) is 5.21. The Morgan fingerprint density at radius 2 is 2.13 bits per heavy atom. The van der Waals surface area contributed by atoms with Crippen LogP contribution in [0.4, 0.5) is 11.4 Å². The highest BCUT2D eigenvalue weighted by atomic mass is 16.6. The number of azo groups is 1. The van der Waals surface area contributed by atoms with Crippen molar-refractivity contribution in [3.8, 4) is 5.88 Å². The van der Waals surface area contributed by atoms with E-state index in [-0.39, 0.29) is 23.2 Å². The molecular formula is C15H18N4O4. The third kappa shape index (κ3) is 4.12. The maximum atomic E-state index is 11.7. The van der Waals surface area contributed by atoms with Crippen LogP contribution in [0.3, 0.4) is 0 Å². The zero-order valence-corrected chi connectivity index (χ0v) is 12.8. The molecule has 0 aliphatic rings. The molecule has 1 heterocycles. The Morgan fingerprint density at radius 3 is 2.83 bits per heavy atom. The average Bonchev–Trinajstić information content (AvgIpc) is 2.84. The number of rotatable bonds is 7. The summed E-state index contributed by atoms with van der Waals surface area (Å²) in [6, 6.07) is 4.07. The second kappa shape index (κ2) is 7.48. The first-order valence-corrected chi connectivity index (χ1v) is 7.46. The van der Waals surface area contributed by atoms with Crippen molar-refractivity contribution < 1.29 is 14.8 Å². The maximum Gasteiger partial charge on any atom is 0.270 e. The average molecular weight is 318 g/mol. The van der Waals surface area contributed by atoms with Gasteiger partial charge in [-0.15, -0.1) is 10.2 Å². The van der Waals surface area contributed by atoms with Gasteiger partial charge in [-0.3, -0.25) is 14.9 Å². The molecule has 0 bridgehead atoms. The Labute approximate surface area is 132 Å². The number of non-ortho nitro benzene ring substituents is 1. The number of carbonyl (C=O) groups is 1. The minimum Gasteiger partial charge on any atom is -0.493 e. The molecule has 0 atom stereocenters. The third-order valence-electron chi connectivity index (χ3n) is 3.45. The minimum absolute atomic E-state index is 0.0330. The lowest BCUT2D eigenvalue weighted by Crippen LogP contribution is -1.91. The quantitative estimate of drug-likeness (QED) is 0.341. The Kier molecular flexibility index (Phi) is 5.40. The van der Waals surface area contributed by atoms with Crippen molar-refractivity contribution >= 4 is 28.2 Å². The highest BCUT2D eigenvalue weighted by molar-refractivity contribution is 5.95. The molecule has 1 amide bonds. The van der Waals surface area contributed by atoms with Crippen LogP contribution >= 0.6 is 0 Å². The second-order valence-electron chi connectivity index (χ2n) is 5.21. The number of fused-ring (bicyclic) bond motifs is 1. The smallest absolute Gasteiger partial charge is 0.270 e. The number of aromatic hydroxyl groups is 1. The van der Waals surface area contributed by atoms with Crippen molar-refractivity contribution in [1.82, 2.24) is 4.98 Å². The van der Waals surface area contributed by atoms with E-state index in [1.54, 1.807) is 0 Å². The standard InChI is InChI=1S/C15H18N4O4/c1-2-3-4-5-6-13(20)17-18-14-11-9-10(19(22)23)7-8-12(11)16-15(14)21/h7-9,16,21H,2-6H2,1H3. The molecule has 8 nitrogen and oxygen atoms in total. The van der Waals surface area contributed by atoms with Gasteiger partial charge in [0, 0.05) is 23.9 Å². The normalized spacial score (nSPS) is 11.3. The number of carbonyl (C=O) groups excluding carboxylic acids is 1. The van der Waals surface area contributed by atoms with Crippen molar-refractivity contribution in [2.75, 3.05) is 0 Å². The fraction of sp³-hybridized carbons (Fsp3) is 0.400. The largest absolute Gasteiger partial charge is 0.493 e. The number of amides is 1. The number of nitrogens with one attached hydrogen (secondary N) is 1. The van der Waals surface area contributed by atoms with E-state index in [1.807, 2.05) is 0 Å². The van der Waals surface area contributed by atoms with Gasteiger partial charge in [-0.05, 0) is 12.5 Å². The van der Waals surface area contributed by atoms with E-state index < -0.39 is 4.92 Å². The lowest BCUT2D eigenvalue weighted by molar-refractivity contribution is -0.384. The number of hydrogen-bond acceptors (Lipinski definition) is 5. The molecule has 0 spiro atoms. The van der Waals surface area contributed by atoms with Crippen molar-refractivity contribution in [1.29, 1.82) is 0 Å². The van der Waals surface area contributed by atoms with Crippen LogP contribution in [-0.4, -0.2) is 20.9 Å². The van der Waals surface area contributed by atoms with Crippen LogP contribution in [0.5, 0.6) is 5.88 Å². The van der Waals surface area contributed by atoms with E-state index in [1.165, 1.54) is 18.2 Å². The molecular weight excluding hydrogens is 300 g/mol. The summed E-state index contributed by atoms with van der Waals surface area (Å²) in [5.41, 5.74) is 0.391. The van der Waals surface area contributed by atoms with Gasteiger partial charge in [-0.25, -0.2) is 0 Å². The molecule has 0 saturated carbocycles. The predicted octanol–water partition coefficient (Wildman–Crippen LogP) is 4.36. The van der Waals surface area contributed by atoms with Crippen LogP contribution in [0, 0.1) is 10.1 Å². The number of aromatic nitrogens is 1. The number of unbranched alkanes of at least 4 members (excludes halogenated alkanes) is 3. The van der Waals surface area contributed by atoms with Gasteiger partial charge in [0.05, 0.1) is 10.4 Å². The van der Waals surface area contributed by atoms with E-state index in [9.17, 15) is 20.0 Å². The molecule has 0 aliphatic carbocycles. The van der Waals surface area contributed by atoms with E-state index in [0.29, 0.717) is 17.3 Å². The van der Waals surface area contributed by atoms with Gasteiger partial charge >= 0.3 is 0 Å². The van der Waals surface area contributed by atoms with Gasteiger partial charge < -0.3 is 10.1 Å². The first kappa shape index (κ1) is 16.6. The Balaban J connectivity index is 2.17. The molecule has 8 heteroatoms. The first-order chi connectivity index (χ1) is 11.0. The highest BCUT2D eigenvalue weighted by Crippen LogP contribution is 2.37. The lowest BCUT2D eigenvalue weighted by Gasteiger charge is -1.95. The van der Waals surface area contributed by atoms with Crippen molar-refractivity contribution in [2.45, 2.75) is 39.0 Å². The summed E-state index contributed by atoms with van der Waals surface area (Å²) < 4.78 is 0. The number of aromatic amines is 1. The van der Waals surface area contributed by atoms with Crippen LogP contribution in [0.2, 0.25) is 0 Å². The molecule has 0 saturated heterocycles. The van der Waals surface area contributed by atoms with Gasteiger partial charge in [0.1, 0.15) is 0 Å². The number of H-pyrrole nitrogens is 1. The zero-order chi connectivity index (χ0) is 16.8. The number of hydrogen-bond donors (Lipinski definition) is 2. The minimum atomic E-state index is -0.538. The number of nitrogens with zero attached hydrogens (tertiary/aromatic N) is 3. The summed E-state index contributed by atoms with van der Waals surface area (Å²) in [4.78, 5) is 24.6. The molecule has 0 aliphatic heterocycles. The lowest BCUT2D eigenvalue weighted by atomic mass is 10.1. The fourth-order valence-corrected chi connectivity index (χ4v) is 2.23. The summed E-state index contributed by atoms with van der Waals surface area (Å²) >= 11 is 0. The number of benzene rings is 1. The van der Waals surface area contributed by atoms with E-state index in [4.69, 9.17) is 0 Å². The van der Waals surface area contributed by atoms with Crippen molar-refractivity contribution in [2.24, 2.45) is 10.2 Å². The molecule has 2 N–H and O–H groups in total. The summed E-state index contributed by atoms with van der Waals surface area (Å²) in [6.45, 7) is 2.08. The van der Waals surface area contributed by atoms with Crippen LogP contribution in [-0.2, 0) is 4.79 Å². The van der Waals surface area contributed by atoms with Crippen LogP contribution in [0.15, 0.2) is 28.4 Å². The Bertz CT molecular complexity index is 751. The SMILES string of the molecule is CCCCCCC(=O)N=Nc1c(O)[nH]c2ccc([N+](=O)[O-])cc12. The molecule has 23 heavy (non-hydrogen) atoms. The zero-order valence-electron chi connectivity index (χ0n) is 12.8. The molecule has 0 fully saturated rings. The molecule has 2 rings (SSSR count). The van der Waals surface area contributed by atoms with Gasteiger partial charge in [0.2, 0.25) is 5.88 Å². The molecule has 0 radical (unpaired) electrons. The topological polar surface area (TPSA) is 121 Å². The van der Waals surface area contributed by atoms with E-state index >= 15 is 0 Å². The van der Waals surface area contributed by atoms with Gasteiger partial charge in [0.15, 0.2) is 5.69 Å². The van der Waals surface area contributed by atoms with E-state index in [2.05, 4.69) is 22.1 Å². The first-order valence-electron chi connectivity index (χ1n) is 7.46. The van der Waals surface area contributed by atoms with Crippen molar-refractivity contribution in [3.05, 3.63) is 28.3 Å². The van der Waals surface area contributed by atoms with Crippen LogP contribution in [0.25, 0.3) is 10.9 Å². The third-order valence-corrected chi connectivity index (χ3v) is 3.45. The van der Waals surface area contributed by atoms with Crippen LogP contribution in [0.1, 0.15) is 39.0 Å². The molecule has 2 aromatic rings. The van der Waals surface area contributed by atoms with Crippen molar-refractivity contribution in [3.63, 3.8) is 0 Å². The summed E-state index contributed by atoms with van der Waals surface area (Å²) in [6.07, 6.45) is 4.15. The summed E-state index contributed by atoms with van der Waals surface area (Å²) in [5, 5.41) is 28.4. The molecule has 1 aromatic heterocycles. The number of nitro groups is 1. The predicted molar refractivity (Wildman–Crippen MR) is 84.9 cm³/mol. The molecule has 122 valence electrons. The fourth-order valence-electron chi connectivity index (χ4n) is 2.23. The highest BCUT2D eigenvalue weighted by Gasteiger charge is 2.15. The molecule has 1 aromatic carbocycles. The van der Waals surface area contributed by atoms with Gasteiger partial charge in [0.25, 0.3) is 11.6 Å². The molecule has 0 unspecified atom stereocenters. The van der Waals surface area contributed by atoms with Crippen LogP contribution < -0.4 is 0 Å². The van der Waals surface area contributed by atoms with E-state index in [0.717, 1.165) is 25.7 Å². The number of nitro benzene ring substituents is 1. The van der Waals surface area contributed by atoms with Gasteiger partial charge in [-0.2, -0.15) is 0 Å². The van der Waals surface area contributed by atoms with Gasteiger partial charge in [-0.1, -0.05) is 26.2 Å². The Hall–Kier alpha value is -2.77. The summed E-state index contributed by atoms with van der Waals surface area (Å²) in [5.74, 6) is -0.650. The summed E-state index contributed by atoms with van der Waals surface area (Å²) in [7, 11) is 0. The maximum absolute atomic E-state index is 11.7. The monoisotopic (exact) mass is 318 g/mol. The Morgan fingerprint density at radius 1 is 1.35 bits per heavy atom.